The fourth-order valence-electron chi connectivity index (χ4n) is 2.29. The molecule has 1 unspecified atom stereocenters. The zero-order chi connectivity index (χ0) is 18.0. The average molecular weight is 356 g/mol. The zero-order valence-electron chi connectivity index (χ0n) is 14.9. The third-order valence-electron chi connectivity index (χ3n) is 3.67. The number of benzene rings is 1. The highest BCUT2D eigenvalue weighted by Crippen LogP contribution is 2.11. The van der Waals surface area contributed by atoms with Crippen LogP contribution in [0.3, 0.4) is 0 Å². The molecule has 1 aromatic carbocycles. The van der Waals surface area contributed by atoms with Crippen LogP contribution in [0.15, 0.2) is 29.2 Å². The normalized spacial score (nSPS) is 12.8. The number of hydrogen-bond donors (Lipinski definition) is 1. The Balaban J connectivity index is 2.35. The van der Waals surface area contributed by atoms with Crippen molar-refractivity contribution in [2.75, 3.05) is 6.61 Å². The van der Waals surface area contributed by atoms with Crippen LogP contribution in [-0.4, -0.2) is 27.0 Å². The number of ether oxygens (including phenoxy) is 1. The highest BCUT2D eigenvalue weighted by molar-refractivity contribution is 7.89. The smallest absolute Gasteiger partial charge is 0.307 e. The van der Waals surface area contributed by atoms with Crippen molar-refractivity contribution in [2.45, 2.75) is 70.2 Å². The maximum Gasteiger partial charge on any atom is 0.307 e. The van der Waals surface area contributed by atoms with Gasteiger partial charge in [-0.05, 0) is 32.4 Å². The van der Waals surface area contributed by atoms with Gasteiger partial charge in [-0.15, -0.1) is 0 Å². The molecule has 0 bridgehead atoms. The van der Waals surface area contributed by atoms with E-state index in [1.165, 1.54) is 12.8 Å². The largest absolute Gasteiger partial charge is 0.466 e. The Labute approximate surface area is 145 Å². The van der Waals surface area contributed by atoms with Gasteiger partial charge in [-0.2, -0.15) is 0 Å². The lowest BCUT2D eigenvalue weighted by Gasteiger charge is -2.14. The summed E-state index contributed by atoms with van der Waals surface area (Å²) in [6.07, 6.45) is 5.47. The molecule has 5 nitrogen and oxygen atoms in total. The number of aryl methyl sites for hydroxylation is 1. The molecule has 0 heterocycles. The van der Waals surface area contributed by atoms with Gasteiger partial charge in [0.15, 0.2) is 0 Å². The van der Waals surface area contributed by atoms with Crippen molar-refractivity contribution in [1.29, 1.82) is 0 Å². The molecule has 6 heteroatoms. The second-order valence-corrected chi connectivity index (χ2v) is 7.89. The fraction of sp³-hybridized carbons (Fsp3) is 0.611. The van der Waals surface area contributed by atoms with Gasteiger partial charge in [0.25, 0.3) is 0 Å². The van der Waals surface area contributed by atoms with Gasteiger partial charge in [0.2, 0.25) is 10.0 Å². The summed E-state index contributed by atoms with van der Waals surface area (Å²) in [6, 6.07) is 6.08. The second-order valence-electron chi connectivity index (χ2n) is 6.17. The fourth-order valence-corrected chi connectivity index (χ4v) is 3.54. The number of sulfonamides is 1. The quantitative estimate of drug-likeness (QED) is 0.486. The standard InChI is InChI=1S/C18H29NO4S/c1-4-5-6-7-8-13-23-18(20)14-16(3)19-24(21,22)17-11-9-15(2)10-12-17/h9-12,16,19H,4-8,13-14H2,1-3H3. The maximum atomic E-state index is 12.2. The first-order valence-corrected chi connectivity index (χ1v) is 10.1. The molecule has 0 amide bonds. The summed E-state index contributed by atoms with van der Waals surface area (Å²) in [7, 11) is -3.62. The van der Waals surface area contributed by atoms with Crippen molar-refractivity contribution < 1.29 is 17.9 Å². The van der Waals surface area contributed by atoms with Crippen molar-refractivity contribution in [2.24, 2.45) is 0 Å². The predicted octanol–water partition coefficient (Wildman–Crippen LogP) is 3.57. The summed E-state index contributed by atoms with van der Waals surface area (Å²) < 4.78 is 32.1. The molecule has 0 saturated carbocycles. The monoisotopic (exact) mass is 355 g/mol. The van der Waals surface area contributed by atoms with Gasteiger partial charge in [-0.1, -0.05) is 50.3 Å². The van der Waals surface area contributed by atoms with E-state index < -0.39 is 16.1 Å². The third-order valence-corrected chi connectivity index (χ3v) is 5.28. The van der Waals surface area contributed by atoms with E-state index in [2.05, 4.69) is 11.6 Å². The van der Waals surface area contributed by atoms with Crippen molar-refractivity contribution in [1.82, 2.24) is 4.72 Å². The number of rotatable bonds is 11. The average Bonchev–Trinajstić information content (AvgIpc) is 2.50. The van der Waals surface area contributed by atoms with E-state index in [9.17, 15) is 13.2 Å². The summed E-state index contributed by atoms with van der Waals surface area (Å²) in [4.78, 5) is 12.0. The molecule has 0 aromatic heterocycles. The predicted molar refractivity (Wildman–Crippen MR) is 95.3 cm³/mol. The Morgan fingerprint density at radius 3 is 2.38 bits per heavy atom. The van der Waals surface area contributed by atoms with Crippen molar-refractivity contribution in [3.8, 4) is 0 Å². The summed E-state index contributed by atoms with van der Waals surface area (Å²) in [5, 5.41) is 0. The molecule has 1 N–H and O–H groups in total. The van der Waals surface area contributed by atoms with E-state index >= 15 is 0 Å². The van der Waals surface area contributed by atoms with Crippen LogP contribution in [0.1, 0.15) is 57.9 Å². The third kappa shape index (κ3) is 7.93. The van der Waals surface area contributed by atoms with Crippen LogP contribution < -0.4 is 4.72 Å². The Hall–Kier alpha value is -1.40. The molecule has 1 atom stereocenters. The van der Waals surface area contributed by atoms with Gasteiger partial charge in [-0.25, -0.2) is 13.1 Å². The number of carbonyl (C=O) groups is 1. The van der Waals surface area contributed by atoms with Gasteiger partial charge in [0.1, 0.15) is 0 Å². The first-order chi connectivity index (χ1) is 11.3. The van der Waals surface area contributed by atoms with Gasteiger partial charge in [0.05, 0.1) is 17.9 Å². The molecule has 0 spiro atoms. The molecule has 1 aromatic rings. The number of hydrogen-bond acceptors (Lipinski definition) is 4. The molecule has 136 valence electrons. The Morgan fingerprint density at radius 2 is 1.75 bits per heavy atom. The highest BCUT2D eigenvalue weighted by Gasteiger charge is 2.19. The summed E-state index contributed by atoms with van der Waals surface area (Å²) in [5.41, 5.74) is 0.990. The SMILES string of the molecule is CCCCCCCOC(=O)CC(C)NS(=O)(=O)c1ccc(C)cc1. The molecule has 0 radical (unpaired) electrons. The lowest BCUT2D eigenvalue weighted by molar-refractivity contribution is -0.144. The summed E-state index contributed by atoms with van der Waals surface area (Å²) >= 11 is 0. The van der Waals surface area contributed by atoms with E-state index in [0.29, 0.717) is 6.61 Å². The van der Waals surface area contributed by atoms with Gasteiger partial charge < -0.3 is 4.74 Å². The van der Waals surface area contributed by atoms with Gasteiger partial charge in [-0.3, -0.25) is 4.79 Å². The minimum atomic E-state index is -3.62. The zero-order valence-corrected chi connectivity index (χ0v) is 15.7. The number of carbonyl (C=O) groups excluding carboxylic acids is 1. The first-order valence-electron chi connectivity index (χ1n) is 8.59. The number of nitrogens with one attached hydrogen (secondary N) is 1. The molecule has 24 heavy (non-hydrogen) atoms. The summed E-state index contributed by atoms with van der Waals surface area (Å²) in [6.45, 7) is 6.11. The number of esters is 1. The van der Waals surface area contributed by atoms with Crippen LogP contribution in [0.25, 0.3) is 0 Å². The molecule has 0 aliphatic carbocycles. The van der Waals surface area contributed by atoms with E-state index in [-0.39, 0.29) is 17.3 Å². The number of unbranched alkanes of at least 4 members (excludes halogenated alkanes) is 4. The van der Waals surface area contributed by atoms with Crippen molar-refractivity contribution in [3.63, 3.8) is 0 Å². The Kier molecular flexibility index (Phi) is 9.00. The van der Waals surface area contributed by atoms with E-state index in [0.717, 1.165) is 24.8 Å². The van der Waals surface area contributed by atoms with Crippen LogP contribution in [0.2, 0.25) is 0 Å². The van der Waals surface area contributed by atoms with E-state index in [1.807, 2.05) is 6.92 Å². The molecule has 1 rings (SSSR count). The lowest BCUT2D eigenvalue weighted by Crippen LogP contribution is -2.34. The van der Waals surface area contributed by atoms with Crippen LogP contribution in [-0.2, 0) is 19.6 Å². The topological polar surface area (TPSA) is 72.5 Å². The van der Waals surface area contributed by atoms with Crippen molar-refractivity contribution >= 4 is 16.0 Å². The minimum absolute atomic E-state index is 0.0278. The maximum absolute atomic E-state index is 12.2. The molecule has 0 saturated heterocycles. The van der Waals surface area contributed by atoms with Crippen molar-refractivity contribution in [3.05, 3.63) is 29.8 Å². The van der Waals surface area contributed by atoms with Gasteiger partial charge in [0, 0.05) is 6.04 Å². The molecule has 0 aliphatic heterocycles. The Bertz CT molecular complexity index is 596. The van der Waals surface area contributed by atoms with Crippen LogP contribution in [0, 0.1) is 6.92 Å². The van der Waals surface area contributed by atoms with Crippen LogP contribution >= 0.6 is 0 Å². The summed E-state index contributed by atoms with van der Waals surface area (Å²) in [5.74, 6) is -0.371. The second kappa shape index (κ2) is 10.5. The lowest BCUT2D eigenvalue weighted by atomic mass is 10.2. The van der Waals surface area contributed by atoms with E-state index in [4.69, 9.17) is 4.74 Å². The molecular formula is C18H29NO4S. The molecule has 0 aliphatic rings. The highest BCUT2D eigenvalue weighted by atomic mass is 32.2. The van der Waals surface area contributed by atoms with E-state index in [1.54, 1.807) is 31.2 Å². The molecular weight excluding hydrogens is 326 g/mol. The van der Waals surface area contributed by atoms with Crippen LogP contribution in [0.5, 0.6) is 0 Å². The Morgan fingerprint density at radius 1 is 1.12 bits per heavy atom. The van der Waals surface area contributed by atoms with Gasteiger partial charge >= 0.3 is 5.97 Å². The minimum Gasteiger partial charge on any atom is -0.466 e. The first kappa shape index (κ1) is 20.6. The molecule has 0 fully saturated rings. The van der Waals surface area contributed by atoms with Crippen LogP contribution in [0.4, 0.5) is 0 Å².